The molecule has 0 amide bonds. The fraction of sp³-hybridized carbons (Fsp3) is 0.600. The van der Waals surface area contributed by atoms with Gasteiger partial charge in [-0.2, -0.15) is 83.4 Å². The maximum Gasteiger partial charge on any atom is 0.460 e. The highest BCUT2D eigenvalue weighted by Crippen LogP contribution is 2.66. The highest BCUT2D eigenvalue weighted by Gasteiger charge is 2.96. The first-order valence-electron chi connectivity index (χ1n) is 8.29. The molecule has 0 fully saturated rings. The molecule has 0 atom stereocenters. The molecule has 0 spiro atoms. The van der Waals surface area contributed by atoms with E-state index in [-0.39, 0.29) is 0 Å². The van der Waals surface area contributed by atoms with Crippen molar-refractivity contribution in [3.8, 4) is 0 Å². The van der Waals surface area contributed by atoms with Crippen LogP contribution in [0, 0.1) is 29.1 Å². The van der Waals surface area contributed by atoms with Gasteiger partial charge in [-0.05, 0) is 0 Å². The van der Waals surface area contributed by atoms with Gasteiger partial charge in [0.15, 0.2) is 23.3 Å². The molecule has 0 saturated carbocycles. The Kier molecular flexibility index (Phi) is 7.77. The van der Waals surface area contributed by atoms with Crippen LogP contribution >= 0.6 is 0 Å². The van der Waals surface area contributed by atoms with Crippen molar-refractivity contribution in [2.45, 2.75) is 53.6 Å². The van der Waals surface area contributed by atoms with Crippen molar-refractivity contribution >= 4 is 0 Å². The molecule has 0 aromatic heterocycles. The number of hydrogen-bond acceptors (Lipinski definition) is 0. The second-order valence-corrected chi connectivity index (χ2v) is 7.04. The standard InChI is InChI=1S/C15F24/c16-2-1(3(17)5(19)6(20)4(2)18)7(21,22)8(23,24)9(25,26)10(27,28)11(29,30)12(31,32)13(33,34)14(35,36)15(37,38)39. The van der Waals surface area contributed by atoms with E-state index in [1.807, 2.05) is 0 Å². The van der Waals surface area contributed by atoms with E-state index < -0.39 is 88.2 Å². The first-order valence-corrected chi connectivity index (χ1v) is 8.29. The van der Waals surface area contributed by atoms with Gasteiger partial charge in [0.2, 0.25) is 5.82 Å². The van der Waals surface area contributed by atoms with Gasteiger partial charge in [-0.25, -0.2) is 22.0 Å². The largest absolute Gasteiger partial charge is 0.460 e. The Balaban J connectivity index is 3.98. The maximum absolute atomic E-state index is 13.9. The molecule has 0 bridgehead atoms. The summed E-state index contributed by atoms with van der Waals surface area (Å²) in [5.41, 5.74) is -4.51. The average Bonchev–Trinajstić information content (AvgIpc) is 2.74. The summed E-state index contributed by atoms with van der Waals surface area (Å²) in [5.74, 6) is -90.8. The summed E-state index contributed by atoms with van der Waals surface area (Å²) >= 11 is 0. The first kappa shape index (κ1) is 34.6. The van der Waals surface area contributed by atoms with Crippen LogP contribution < -0.4 is 0 Å². The van der Waals surface area contributed by atoms with Gasteiger partial charge in [0.05, 0.1) is 0 Å². The van der Waals surface area contributed by atoms with Crippen molar-refractivity contribution in [2.24, 2.45) is 0 Å². The van der Waals surface area contributed by atoms with Crippen molar-refractivity contribution in [3.63, 3.8) is 0 Å². The highest BCUT2D eigenvalue weighted by molar-refractivity contribution is 5.31. The lowest BCUT2D eigenvalue weighted by molar-refractivity contribution is -0.469. The molecule has 0 aliphatic carbocycles. The topological polar surface area (TPSA) is 0 Å². The molecule has 228 valence electrons. The van der Waals surface area contributed by atoms with Crippen molar-refractivity contribution in [1.82, 2.24) is 0 Å². The molecule has 0 N–H and O–H groups in total. The van der Waals surface area contributed by atoms with E-state index in [1.54, 1.807) is 0 Å². The van der Waals surface area contributed by atoms with Gasteiger partial charge in [0.25, 0.3) is 0 Å². The highest BCUT2D eigenvalue weighted by atomic mass is 19.4. The summed E-state index contributed by atoms with van der Waals surface area (Å²) in [6.45, 7) is 0. The lowest BCUT2D eigenvalue weighted by Gasteiger charge is -2.43. The summed E-state index contributed by atoms with van der Waals surface area (Å²) in [6, 6.07) is 0. The molecule has 24 heteroatoms. The van der Waals surface area contributed by atoms with Gasteiger partial charge in [-0.15, -0.1) is 0 Å². The lowest BCUT2D eigenvalue weighted by atomic mass is 9.86. The van der Waals surface area contributed by atoms with Crippen LogP contribution in [0.2, 0.25) is 0 Å². The van der Waals surface area contributed by atoms with Crippen LogP contribution in [0.15, 0.2) is 0 Å². The van der Waals surface area contributed by atoms with Gasteiger partial charge in [0, 0.05) is 0 Å². The van der Waals surface area contributed by atoms with Crippen LogP contribution in [0.1, 0.15) is 5.56 Å². The second-order valence-electron chi connectivity index (χ2n) is 7.04. The van der Waals surface area contributed by atoms with Gasteiger partial charge in [-0.1, -0.05) is 0 Å². The monoisotopic (exact) mass is 636 g/mol. The first-order chi connectivity index (χ1) is 16.7. The molecule has 1 aromatic rings. The predicted molar refractivity (Wildman–Crippen MR) is 70.8 cm³/mol. The Bertz CT molecular complexity index is 1080. The number of benzene rings is 1. The van der Waals surface area contributed by atoms with Gasteiger partial charge in [-0.3, -0.25) is 0 Å². The van der Waals surface area contributed by atoms with Crippen LogP contribution in [0.4, 0.5) is 105 Å². The Hall–Kier alpha value is -2.46. The number of hydrogen-bond donors (Lipinski definition) is 0. The Morgan fingerprint density at radius 2 is 0.462 bits per heavy atom. The normalized spacial score (nSPS) is 15.7. The van der Waals surface area contributed by atoms with Gasteiger partial charge in [0.1, 0.15) is 5.56 Å². The Labute approximate surface area is 195 Å². The Morgan fingerprint density at radius 3 is 0.718 bits per heavy atom. The fourth-order valence-electron chi connectivity index (χ4n) is 2.40. The smallest absolute Gasteiger partial charge is 0.203 e. The zero-order chi connectivity index (χ0) is 32.0. The molecule has 0 saturated heterocycles. The van der Waals surface area contributed by atoms with E-state index >= 15 is 0 Å². The summed E-state index contributed by atoms with van der Waals surface area (Å²) in [7, 11) is 0. The number of halogens is 24. The summed E-state index contributed by atoms with van der Waals surface area (Å²) < 4.78 is 317. The SMILES string of the molecule is Fc1c(F)c(F)c(C(F)(F)C(F)(F)C(F)(F)C(F)(F)C(F)(F)C(F)(F)C(F)(F)C(F)(F)C(F)(F)F)c(F)c1F. The third kappa shape index (κ3) is 4.04. The molecule has 0 unspecified atom stereocenters. The molecule has 0 aliphatic rings. The van der Waals surface area contributed by atoms with E-state index in [0.717, 1.165) is 0 Å². The molecular formula is C15F24. The lowest BCUT2D eigenvalue weighted by Crippen LogP contribution is -2.75. The summed E-state index contributed by atoms with van der Waals surface area (Å²) in [4.78, 5) is 0. The molecule has 0 heterocycles. The van der Waals surface area contributed by atoms with Crippen LogP contribution in [0.5, 0.6) is 0 Å². The molecule has 39 heavy (non-hydrogen) atoms. The summed E-state index contributed by atoms with van der Waals surface area (Å²) in [5, 5.41) is 0. The van der Waals surface area contributed by atoms with Gasteiger partial charge >= 0.3 is 53.6 Å². The molecule has 1 aromatic carbocycles. The fourth-order valence-corrected chi connectivity index (χ4v) is 2.40. The van der Waals surface area contributed by atoms with Gasteiger partial charge < -0.3 is 0 Å². The van der Waals surface area contributed by atoms with Crippen molar-refractivity contribution in [1.29, 1.82) is 0 Å². The predicted octanol–water partition coefficient (Wildman–Crippen LogP) is 8.48. The van der Waals surface area contributed by atoms with Crippen LogP contribution in [0.3, 0.4) is 0 Å². The van der Waals surface area contributed by atoms with Crippen molar-refractivity contribution in [3.05, 3.63) is 34.6 Å². The second kappa shape index (κ2) is 8.77. The zero-order valence-electron chi connectivity index (χ0n) is 16.6. The van der Waals surface area contributed by atoms with Crippen molar-refractivity contribution < 1.29 is 105 Å². The maximum atomic E-state index is 13.9. The summed E-state index contributed by atoms with van der Waals surface area (Å²) in [6.07, 6.45) is -8.09. The average molecular weight is 636 g/mol. The number of alkyl halides is 19. The quantitative estimate of drug-likeness (QED) is 0.153. The van der Waals surface area contributed by atoms with Crippen molar-refractivity contribution in [2.75, 3.05) is 0 Å². The molecule has 0 aliphatic heterocycles. The Morgan fingerprint density at radius 1 is 0.256 bits per heavy atom. The molecule has 0 nitrogen and oxygen atoms in total. The van der Waals surface area contributed by atoms with E-state index in [4.69, 9.17) is 0 Å². The van der Waals surface area contributed by atoms with Crippen LogP contribution in [-0.2, 0) is 5.92 Å². The van der Waals surface area contributed by atoms with E-state index in [1.165, 1.54) is 0 Å². The minimum atomic E-state index is -9.32. The third-order valence-corrected chi connectivity index (χ3v) is 4.64. The third-order valence-electron chi connectivity index (χ3n) is 4.64. The van der Waals surface area contributed by atoms with E-state index in [2.05, 4.69) is 0 Å². The van der Waals surface area contributed by atoms with Crippen LogP contribution in [-0.4, -0.2) is 47.6 Å². The van der Waals surface area contributed by atoms with E-state index in [9.17, 15) is 105 Å². The van der Waals surface area contributed by atoms with E-state index in [0.29, 0.717) is 0 Å². The van der Waals surface area contributed by atoms with Crippen LogP contribution in [0.25, 0.3) is 0 Å². The molecule has 1 rings (SSSR count). The minimum absolute atomic E-state index is 3.51. The zero-order valence-corrected chi connectivity index (χ0v) is 16.6. The molecule has 0 radical (unpaired) electrons. The molecular weight excluding hydrogens is 636 g/mol. The number of rotatable bonds is 8. The minimum Gasteiger partial charge on any atom is -0.203 e.